The van der Waals surface area contributed by atoms with Gasteiger partial charge in [0.15, 0.2) is 0 Å². The number of amidine groups is 1. The molecule has 0 unspecified atom stereocenters. The zero-order valence-electron chi connectivity index (χ0n) is 19.5. The van der Waals surface area contributed by atoms with E-state index in [-0.39, 0.29) is 23.7 Å². The van der Waals surface area contributed by atoms with Crippen LogP contribution in [0.25, 0.3) is 0 Å². The lowest BCUT2D eigenvalue weighted by atomic mass is 9.67. The van der Waals surface area contributed by atoms with E-state index in [4.69, 9.17) is 16.9 Å². The van der Waals surface area contributed by atoms with Gasteiger partial charge in [-0.05, 0) is 72.7 Å². The molecule has 0 spiro atoms. The fourth-order valence-corrected chi connectivity index (χ4v) is 4.73. The SMILES string of the molecule is C[C@@H](N)CC1(C(=N)N)c2ccc(C(=O)N(C)C)cc2CCc2cc(C(=O)N(C)C)ccc21. The molecule has 1 atom stereocenters. The zero-order valence-corrected chi connectivity index (χ0v) is 19.5. The Bertz CT molecular complexity index is 1000. The highest BCUT2D eigenvalue weighted by Crippen LogP contribution is 2.43. The van der Waals surface area contributed by atoms with Crippen molar-refractivity contribution in [1.82, 2.24) is 9.80 Å². The van der Waals surface area contributed by atoms with Crippen LogP contribution in [0.2, 0.25) is 0 Å². The second-order valence-corrected chi connectivity index (χ2v) is 9.14. The van der Waals surface area contributed by atoms with Crippen LogP contribution in [0.3, 0.4) is 0 Å². The Hall–Kier alpha value is -3.19. The molecule has 0 heterocycles. The summed E-state index contributed by atoms with van der Waals surface area (Å²) in [4.78, 5) is 28.3. The first-order chi connectivity index (χ1) is 15.0. The van der Waals surface area contributed by atoms with Gasteiger partial charge in [0.25, 0.3) is 11.8 Å². The molecule has 32 heavy (non-hydrogen) atoms. The van der Waals surface area contributed by atoms with Crippen LogP contribution in [-0.4, -0.2) is 61.7 Å². The maximum atomic E-state index is 12.6. The van der Waals surface area contributed by atoms with Crippen molar-refractivity contribution in [3.63, 3.8) is 0 Å². The molecule has 0 saturated heterocycles. The minimum absolute atomic E-state index is 0.0116. The molecule has 2 aromatic carbocycles. The van der Waals surface area contributed by atoms with Gasteiger partial charge < -0.3 is 21.3 Å². The fraction of sp³-hybridized carbons (Fsp3) is 0.400. The average Bonchev–Trinajstić information content (AvgIpc) is 2.87. The second kappa shape index (κ2) is 8.74. The number of carbonyl (C=O) groups excluding carboxylic acids is 2. The predicted octanol–water partition coefficient (Wildman–Crippen LogP) is 2.15. The maximum absolute atomic E-state index is 12.6. The molecule has 0 saturated carbocycles. The number of nitrogens with one attached hydrogen (secondary N) is 1. The van der Waals surface area contributed by atoms with Gasteiger partial charge in [-0.25, -0.2) is 0 Å². The van der Waals surface area contributed by atoms with Gasteiger partial charge in [-0.1, -0.05) is 12.1 Å². The molecule has 7 nitrogen and oxygen atoms in total. The van der Waals surface area contributed by atoms with Crippen molar-refractivity contribution in [2.75, 3.05) is 28.2 Å². The molecule has 0 radical (unpaired) electrons. The lowest BCUT2D eigenvalue weighted by Gasteiger charge is -2.37. The molecule has 2 amide bonds. The predicted molar refractivity (Wildman–Crippen MR) is 127 cm³/mol. The summed E-state index contributed by atoms with van der Waals surface area (Å²) in [5.74, 6) is -0.138. The molecule has 1 aliphatic carbocycles. The Balaban J connectivity index is 2.28. The molecule has 0 bridgehead atoms. The number of amides is 2. The summed E-state index contributed by atoms with van der Waals surface area (Å²) in [6.45, 7) is 1.91. The van der Waals surface area contributed by atoms with Gasteiger partial charge in [-0.2, -0.15) is 0 Å². The van der Waals surface area contributed by atoms with Crippen LogP contribution in [0, 0.1) is 5.41 Å². The minimum atomic E-state index is -0.922. The van der Waals surface area contributed by atoms with Crippen LogP contribution in [0.4, 0.5) is 0 Å². The number of benzene rings is 2. The number of carbonyl (C=O) groups is 2. The van der Waals surface area contributed by atoms with Crippen LogP contribution >= 0.6 is 0 Å². The van der Waals surface area contributed by atoms with E-state index >= 15 is 0 Å². The van der Waals surface area contributed by atoms with Crippen molar-refractivity contribution >= 4 is 17.6 Å². The number of hydrogen-bond donors (Lipinski definition) is 3. The Kier molecular flexibility index (Phi) is 6.41. The molecule has 170 valence electrons. The number of nitrogens with zero attached hydrogens (tertiary/aromatic N) is 2. The monoisotopic (exact) mass is 435 g/mol. The van der Waals surface area contributed by atoms with E-state index in [1.807, 2.05) is 31.2 Å². The third kappa shape index (κ3) is 4.00. The van der Waals surface area contributed by atoms with Gasteiger partial charge in [0.05, 0.1) is 5.41 Å². The topological polar surface area (TPSA) is 117 Å². The van der Waals surface area contributed by atoms with E-state index < -0.39 is 5.41 Å². The maximum Gasteiger partial charge on any atom is 0.253 e. The molecular weight excluding hydrogens is 402 g/mol. The van der Waals surface area contributed by atoms with Crippen molar-refractivity contribution in [1.29, 1.82) is 5.41 Å². The zero-order chi connectivity index (χ0) is 23.8. The summed E-state index contributed by atoms with van der Waals surface area (Å²) in [5.41, 5.74) is 16.6. The first-order valence-corrected chi connectivity index (χ1v) is 10.8. The second-order valence-electron chi connectivity index (χ2n) is 9.14. The normalized spacial score (nSPS) is 15.1. The van der Waals surface area contributed by atoms with Gasteiger partial charge in [-0.15, -0.1) is 0 Å². The van der Waals surface area contributed by atoms with E-state index in [0.717, 1.165) is 22.3 Å². The van der Waals surface area contributed by atoms with Crippen molar-refractivity contribution < 1.29 is 9.59 Å². The Morgan fingerprint density at radius 2 is 1.34 bits per heavy atom. The van der Waals surface area contributed by atoms with Gasteiger partial charge in [-0.3, -0.25) is 15.0 Å². The van der Waals surface area contributed by atoms with Crippen LogP contribution in [0.15, 0.2) is 36.4 Å². The number of aryl methyl sites for hydroxylation is 2. The Morgan fingerprint density at radius 3 is 1.66 bits per heavy atom. The molecule has 7 heteroatoms. The molecule has 1 aliphatic rings. The average molecular weight is 436 g/mol. The van der Waals surface area contributed by atoms with Gasteiger partial charge in [0.1, 0.15) is 5.84 Å². The number of nitrogens with two attached hydrogens (primary N) is 2. The number of hydrogen-bond acceptors (Lipinski definition) is 4. The molecule has 0 fully saturated rings. The fourth-order valence-electron chi connectivity index (χ4n) is 4.73. The third-order valence-electron chi connectivity index (χ3n) is 6.19. The smallest absolute Gasteiger partial charge is 0.253 e. The van der Waals surface area contributed by atoms with Crippen LogP contribution in [0.1, 0.15) is 56.3 Å². The van der Waals surface area contributed by atoms with Crippen LogP contribution in [-0.2, 0) is 18.3 Å². The minimum Gasteiger partial charge on any atom is -0.387 e. The van der Waals surface area contributed by atoms with Crippen LogP contribution in [0.5, 0.6) is 0 Å². The number of rotatable bonds is 5. The lowest BCUT2D eigenvalue weighted by Crippen LogP contribution is -2.46. The molecule has 0 aromatic heterocycles. The summed E-state index contributed by atoms with van der Waals surface area (Å²) in [7, 11) is 6.90. The van der Waals surface area contributed by atoms with Crippen LogP contribution < -0.4 is 11.5 Å². The Labute approximate surface area is 189 Å². The summed E-state index contributed by atoms with van der Waals surface area (Å²) in [6, 6.07) is 11.0. The number of fused-ring (bicyclic) bond motifs is 2. The van der Waals surface area contributed by atoms with E-state index in [1.165, 1.54) is 0 Å². The van der Waals surface area contributed by atoms with Crippen molar-refractivity contribution in [3.8, 4) is 0 Å². The largest absolute Gasteiger partial charge is 0.387 e. The summed E-state index contributed by atoms with van der Waals surface area (Å²) in [6.07, 6.45) is 1.79. The van der Waals surface area contributed by atoms with Crippen molar-refractivity contribution in [2.24, 2.45) is 11.5 Å². The van der Waals surface area contributed by atoms with Gasteiger partial charge in [0, 0.05) is 45.4 Å². The highest BCUT2D eigenvalue weighted by Gasteiger charge is 2.43. The summed E-state index contributed by atoms with van der Waals surface area (Å²) >= 11 is 0. The van der Waals surface area contributed by atoms with E-state index in [2.05, 4.69) is 0 Å². The Morgan fingerprint density at radius 1 is 0.938 bits per heavy atom. The van der Waals surface area contributed by atoms with Gasteiger partial charge >= 0.3 is 0 Å². The van der Waals surface area contributed by atoms with E-state index in [1.54, 1.807) is 50.1 Å². The molecule has 2 aromatic rings. The van der Waals surface area contributed by atoms with Crippen molar-refractivity contribution in [3.05, 3.63) is 69.8 Å². The summed E-state index contributed by atoms with van der Waals surface area (Å²) < 4.78 is 0. The molecule has 3 rings (SSSR count). The van der Waals surface area contributed by atoms with E-state index in [9.17, 15) is 9.59 Å². The van der Waals surface area contributed by atoms with Gasteiger partial charge in [0.2, 0.25) is 0 Å². The molecule has 0 aliphatic heterocycles. The standard InChI is InChI=1S/C25H33N5O2/c1-15(26)14-25(24(27)28)20-10-8-18(22(31)29(2)3)12-16(20)6-7-17-13-19(9-11-21(17)25)23(32)30(4)5/h8-13,15H,6-7,14,26H2,1-5H3,(H3,27,28)/t15-/m1/s1. The molecular formula is C25H33N5O2. The van der Waals surface area contributed by atoms with E-state index in [0.29, 0.717) is 30.4 Å². The first-order valence-electron chi connectivity index (χ1n) is 10.8. The first kappa shape index (κ1) is 23.5. The van der Waals surface area contributed by atoms with Crippen molar-refractivity contribution in [2.45, 2.75) is 37.6 Å². The highest BCUT2D eigenvalue weighted by atomic mass is 16.2. The lowest BCUT2D eigenvalue weighted by molar-refractivity contribution is 0.0820. The highest BCUT2D eigenvalue weighted by molar-refractivity contribution is 5.98. The summed E-state index contributed by atoms with van der Waals surface area (Å²) in [5, 5.41) is 8.67. The third-order valence-corrected chi connectivity index (χ3v) is 6.19. The molecule has 5 N–H and O–H groups in total. The quantitative estimate of drug-likeness (QED) is 0.493.